The van der Waals surface area contributed by atoms with E-state index in [0.717, 1.165) is 16.7 Å². The molecule has 0 aliphatic rings. The van der Waals surface area contributed by atoms with Crippen LogP contribution in [-0.4, -0.2) is 25.8 Å². The van der Waals surface area contributed by atoms with Crippen LogP contribution in [0.5, 0.6) is 5.75 Å². The summed E-state index contributed by atoms with van der Waals surface area (Å²) in [6.07, 6.45) is 0.200. The van der Waals surface area contributed by atoms with Gasteiger partial charge in [-0.2, -0.15) is 5.10 Å². The van der Waals surface area contributed by atoms with Crippen molar-refractivity contribution in [1.29, 1.82) is 0 Å². The summed E-state index contributed by atoms with van der Waals surface area (Å²) >= 11 is 5.34. The van der Waals surface area contributed by atoms with Crippen molar-refractivity contribution in [2.45, 2.75) is 46.1 Å². The first-order valence-electron chi connectivity index (χ1n) is 9.51. The fourth-order valence-electron chi connectivity index (χ4n) is 3.06. The molecule has 3 N–H and O–H groups in total. The highest BCUT2D eigenvalue weighted by molar-refractivity contribution is 7.71. The summed E-state index contributed by atoms with van der Waals surface area (Å²) in [5.74, 6) is 0.542. The predicted molar refractivity (Wildman–Crippen MR) is 118 cm³/mol. The molecular weight excluding hydrogens is 384 g/mol. The quantitative estimate of drug-likeness (QED) is 0.411. The fraction of sp³-hybridized carbons (Fsp3) is 0.318. The summed E-state index contributed by atoms with van der Waals surface area (Å²) in [6.45, 7) is 8.64. The number of aromatic amines is 1. The van der Waals surface area contributed by atoms with Gasteiger partial charge in [0.2, 0.25) is 5.91 Å². The number of carbonyl (C=O) groups excluding carboxylic acids is 1. The van der Waals surface area contributed by atoms with E-state index in [1.54, 1.807) is 6.07 Å². The van der Waals surface area contributed by atoms with Crippen LogP contribution in [0.1, 0.15) is 38.3 Å². The maximum absolute atomic E-state index is 12.5. The molecule has 1 heterocycles. The van der Waals surface area contributed by atoms with E-state index in [-0.39, 0.29) is 23.5 Å². The van der Waals surface area contributed by atoms with Crippen molar-refractivity contribution in [3.63, 3.8) is 0 Å². The Morgan fingerprint density at radius 1 is 1.24 bits per heavy atom. The molecule has 0 fully saturated rings. The number of benzene rings is 2. The molecule has 7 heteroatoms. The van der Waals surface area contributed by atoms with Crippen molar-refractivity contribution in [2.75, 3.05) is 5.32 Å². The lowest BCUT2D eigenvalue weighted by Crippen LogP contribution is -2.16. The standard InChI is InChI=1S/C22H26N4O2S/c1-14-6-5-7-15(12-14)20-24-25-21(29)26(20)11-10-19(28)23-17-13-16(22(2,3)4)8-9-18(17)27/h5-9,12-13,27H,10-11H2,1-4H3,(H,23,28)(H,25,29). The van der Waals surface area contributed by atoms with Crippen LogP contribution in [0.2, 0.25) is 0 Å². The third kappa shape index (κ3) is 4.92. The van der Waals surface area contributed by atoms with E-state index >= 15 is 0 Å². The monoisotopic (exact) mass is 410 g/mol. The molecule has 3 aromatic rings. The summed E-state index contributed by atoms with van der Waals surface area (Å²) in [5, 5.41) is 20.0. The van der Waals surface area contributed by atoms with E-state index < -0.39 is 0 Å². The lowest BCUT2D eigenvalue weighted by atomic mass is 9.87. The first kappa shape index (κ1) is 20.8. The fourth-order valence-corrected chi connectivity index (χ4v) is 3.28. The maximum Gasteiger partial charge on any atom is 0.226 e. The van der Waals surface area contributed by atoms with Gasteiger partial charge in [-0.1, -0.05) is 50.6 Å². The first-order valence-corrected chi connectivity index (χ1v) is 9.91. The normalized spacial score (nSPS) is 11.4. The Balaban J connectivity index is 1.74. The van der Waals surface area contributed by atoms with Crippen LogP contribution < -0.4 is 5.32 Å². The van der Waals surface area contributed by atoms with Crippen molar-refractivity contribution in [1.82, 2.24) is 14.8 Å². The van der Waals surface area contributed by atoms with Gasteiger partial charge in [-0.25, -0.2) is 0 Å². The van der Waals surface area contributed by atoms with Gasteiger partial charge in [0.15, 0.2) is 10.6 Å². The van der Waals surface area contributed by atoms with Crippen molar-refractivity contribution in [2.24, 2.45) is 0 Å². The number of carbonyl (C=O) groups is 1. The second-order valence-electron chi connectivity index (χ2n) is 8.15. The van der Waals surface area contributed by atoms with Crippen LogP contribution in [0.25, 0.3) is 11.4 Å². The Hall–Kier alpha value is -2.93. The Bertz CT molecular complexity index is 1090. The zero-order valence-electron chi connectivity index (χ0n) is 17.1. The number of nitrogens with one attached hydrogen (secondary N) is 2. The molecule has 1 amide bonds. The number of hydrogen-bond acceptors (Lipinski definition) is 4. The van der Waals surface area contributed by atoms with Crippen LogP contribution in [0.15, 0.2) is 42.5 Å². The SMILES string of the molecule is Cc1cccc(-c2n[nH]c(=S)n2CCC(=O)Nc2cc(C(C)(C)C)ccc2O)c1. The lowest BCUT2D eigenvalue weighted by Gasteiger charge is -2.20. The highest BCUT2D eigenvalue weighted by Gasteiger charge is 2.17. The molecule has 0 saturated heterocycles. The van der Waals surface area contributed by atoms with E-state index in [1.165, 1.54) is 0 Å². The topological polar surface area (TPSA) is 82.9 Å². The first-order chi connectivity index (χ1) is 13.6. The van der Waals surface area contributed by atoms with Gasteiger partial charge < -0.3 is 10.4 Å². The minimum absolute atomic E-state index is 0.0479. The molecule has 6 nitrogen and oxygen atoms in total. The van der Waals surface area contributed by atoms with Gasteiger partial charge in [0, 0.05) is 18.5 Å². The van der Waals surface area contributed by atoms with E-state index in [0.29, 0.717) is 22.8 Å². The third-order valence-electron chi connectivity index (χ3n) is 4.73. The van der Waals surface area contributed by atoms with Gasteiger partial charge in [-0.05, 0) is 48.3 Å². The van der Waals surface area contributed by atoms with Crippen molar-refractivity contribution >= 4 is 23.8 Å². The molecule has 2 aromatic carbocycles. The summed E-state index contributed by atoms with van der Waals surface area (Å²) in [7, 11) is 0. The van der Waals surface area contributed by atoms with Gasteiger partial charge in [-0.3, -0.25) is 14.5 Å². The molecule has 0 saturated carbocycles. The van der Waals surface area contributed by atoms with E-state index in [1.807, 2.05) is 47.9 Å². The number of phenolic OH excluding ortho intramolecular Hbond substituents is 1. The number of phenols is 1. The molecular formula is C22H26N4O2S. The average molecular weight is 411 g/mol. The number of hydrogen-bond donors (Lipinski definition) is 3. The zero-order chi connectivity index (χ0) is 21.2. The van der Waals surface area contributed by atoms with Crippen LogP contribution >= 0.6 is 12.2 Å². The molecule has 0 aliphatic carbocycles. The summed E-state index contributed by atoms with van der Waals surface area (Å²) in [6, 6.07) is 13.3. The average Bonchev–Trinajstić information content (AvgIpc) is 3.01. The third-order valence-corrected chi connectivity index (χ3v) is 5.05. The van der Waals surface area contributed by atoms with Crippen molar-refractivity contribution in [3.05, 3.63) is 58.4 Å². The van der Waals surface area contributed by atoms with Gasteiger partial charge in [0.25, 0.3) is 0 Å². The maximum atomic E-state index is 12.5. The molecule has 152 valence electrons. The molecule has 0 aliphatic heterocycles. The van der Waals surface area contributed by atoms with Crippen LogP contribution in [0.3, 0.4) is 0 Å². The van der Waals surface area contributed by atoms with Gasteiger partial charge in [-0.15, -0.1) is 0 Å². The minimum atomic E-state index is -0.204. The largest absolute Gasteiger partial charge is 0.506 e. The molecule has 29 heavy (non-hydrogen) atoms. The van der Waals surface area contributed by atoms with Gasteiger partial charge >= 0.3 is 0 Å². The number of amides is 1. The second-order valence-corrected chi connectivity index (χ2v) is 8.54. The lowest BCUT2D eigenvalue weighted by molar-refractivity contribution is -0.116. The van der Waals surface area contributed by atoms with E-state index in [9.17, 15) is 9.90 Å². The Kier molecular flexibility index (Phi) is 5.88. The number of aromatic hydroxyl groups is 1. The Labute approximate surface area is 175 Å². The van der Waals surface area contributed by atoms with Crippen molar-refractivity contribution < 1.29 is 9.90 Å². The second kappa shape index (κ2) is 8.21. The summed E-state index contributed by atoms with van der Waals surface area (Å²) < 4.78 is 2.28. The summed E-state index contributed by atoms with van der Waals surface area (Å²) in [4.78, 5) is 12.5. The van der Waals surface area contributed by atoms with Crippen LogP contribution in [-0.2, 0) is 16.8 Å². The number of anilines is 1. The number of aryl methyl sites for hydroxylation is 1. The number of aromatic nitrogens is 3. The molecule has 0 radical (unpaired) electrons. The molecule has 3 rings (SSSR count). The molecule has 0 bridgehead atoms. The minimum Gasteiger partial charge on any atom is -0.506 e. The molecule has 1 aromatic heterocycles. The highest BCUT2D eigenvalue weighted by Crippen LogP contribution is 2.30. The predicted octanol–water partition coefficient (Wildman–Crippen LogP) is 4.95. The number of nitrogens with zero attached hydrogens (tertiary/aromatic N) is 2. The molecule has 0 atom stereocenters. The van der Waals surface area contributed by atoms with E-state index in [4.69, 9.17) is 12.2 Å². The number of rotatable bonds is 5. The smallest absolute Gasteiger partial charge is 0.226 e. The Morgan fingerprint density at radius 3 is 2.69 bits per heavy atom. The van der Waals surface area contributed by atoms with Crippen LogP contribution in [0.4, 0.5) is 5.69 Å². The van der Waals surface area contributed by atoms with Gasteiger partial charge in [0.05, 0.1) is 5.69 Å². The van der Waals surface area contributed by atoms with E-state index in [2.05, 4.69) is 36.3 Å². The molecule has 0 unspecified atom stereocenters. The van der Waals surface area contributed by atoms with Gasteiger partial charge in [0.1, 0.15) is 5.75 Å². The zero-order valence-corrected chi connectivity index (χ0v) is 17.9. The molecule has 0 spiro atoms. The highest BCUT2D eigenvalue weighted by atomic mass is 32.1. The van der Waals surface area contributed by atoms with Crippen LogP contribution in [0, 0.1) is 11.7 Å². The van der Waals surface area contributed by atoms with Crippen molar-refractivity contribution in [3.8, 4) is 17.1 Å². The number of H-pyrrole nitrogens is 1. The summed E-state index contributed by atoms with van der Waals surface area (Å²) in [5.41, 5.74) is 3.42. The Morgan fingerprint density at radius 2 is 2.00 bits per heavy atom.